The summed E-state index contributed by atoms with van der Waals surface area (Å²) in [5, 5.41) is 18.2. The van der Waals surface area contributed by atoms with Gasteiger partial charge in [-0.15, -0.1) is 21.5 Å². The molecule has 0 aliphatic carbocycles. The van der Waals surface area contributed by atoms with Gasteiger partial charge in [0.1, 0.15) is 16.2 Å². The molecular formula is C24H29Cl2N5O5S2. The maximum absolute atomic E-state index is 13.7. The number of hydrogen-bond acceptors (Lipinski definition) is 9. The second-order valence-electron chi connectivity index (χ2n) is 10.0. The average molecular weight is 603 g/mol. The van der Waals surface area contributed by atoms with Crippen molar-refractivity contribution in [3.8, 4) is 21.3 Å². The number of piperidine rings is 1. The molecule has 206 valence electrons. The zero-order valence-electron chi connectivity index (χ0n) is 21.6. The van der Waals surface area contributed by atoms with E-state index in [9.17, 15) is 18.3 Å². The molecule has 1 saturated heterocycles. The summed E-state index contributed by atoms with van der Waals surface area (Å²) >= 11 is 14.2. The van der Waals surface area contributed by atoms with Crippen molar-refractivity contribution in [2.45, 2.75) is 76.5 Å². The van der Waals surface area contributed by atoms with Crippen molar-refractivity contribution >= 4 is 50.5 Å². The summed E-state index contributed by atoms with van der Waals surface area (Å²) in [7, 11) is -3.92. The third-order valence-electron chi connectivity index (χ3n) is 6.00. The molecule has 38 heavy (non-hydrogen) atoms. The molecule has 4 rings (SSSR count). The first kappa shape index (κ1) is 28.9. The van der Waals surface area contributed by atoms with Crippen molar-refractivity contribution in [2.24, 2.45) is 0 Å². The van der Waals surface area contributed by atoms with Crippen LogP contribution < -0.4 is 4.72 Å². The van der Waals surface area contributed by atoms with Gasteiger partial charge in [0.25, 0.3) is 11.8 Å². The Morgan fingerprint density at radius 3 is 2.55 bits per heavy atom. The Morgan fingerprint density at radius 2 is 1.95 bits per heavy atom. The van der Waals surface area contributed by atoms with Crippen LogP contribution in [0.15, 0.2) is 21.4 Å². The van der Waals surface area contributed by atoms with Crippen LogP contribution >= 0.6 is 34.5 Å². The summed E-state index contributed by atoms with van der Waals surface area (Å²) < 4.78 is 33.7. The van der Waals surface area contributed by atoms with E-state index in [-0.39, 0.29) is 55.4 Å². The number of rotatable bonds is 7. The second kappa shape index (κ2) is 10.8. The molecule has 0 bridgehead atoms. The molecule has 1 aliphatic heterocycles. The number of nitrogens with zero attached hydrogens (tertiary/aromatic N) is 4. The SMILES string of the molecule is CC(C)NS(=O)(=O)c1ccc(-c2sc(-c3nnc(C(C)(C)O)o3)nc2C(=O)N2CCCC[C@@H]2C)c(Cl)c1Cl. The average Bonchev–Trinajstić information content (AvgIpc) is 3.47. The number of aliphatic hydroxyl groups is 1. The Morgan fingerprint density at radius 1 is 1.24 bits per heavy atom. The lowest BCUT2D eigenvalue weighted by Crippen LogP contribution is -2.42. The molecule has 2 N–H and O–H groups in total. The fourth-order valence-electron chi connectivity index (χ4n) is 4.12. The first-order valence-electron chi connectivity index (χ1n) is 12.1. The van der Waals surface area contributed by atoms with Crippen LogP contribution in [0.3, 0.4) is 0 Å². The first-order chi connectivity index (χ1) is 17.7. The van der Waals surface area contributed by atoms with Crippen molar-refractivity contribution in [1.82, 2.24) is 24.8 Å². The molecule has 1 aromatic carbocycles. The second-order valence-corrected chi connectivity index (χ2v) is 13.5. The fourth-order valence-corrected chi connectivity index (χ4v) is 7.30. The number of benzene rings is 1. The standard InChI is InChI=1S/C24H29Cl2N5O5S2/c1-12(2)30-38(34,35)15-10-9-14(16(25)17(15)26)19-18(22(32)31-11-7-6-8-13(31)3)27-21(37-19)20-28-29-23(36-20)24(4,5)33/h9-10,12-13,30,33H,6-8,11H2,1-5H3/t13-/m0/s1. The Kier molecular flexibility index (Phi) is 8.23. The van der Waals surface area contributed by atoms with Crippen molar-refractivity contribution in [3.63, 3.8) is 0 Å². The minimum absolute atomic E-state index is 0.00457. The largest absolute Gasteiger partial charge is 0.415 e. The van der Waals surface area contributed by atoms with Gasteiger partial charge in [0.15, 0.2) is 5.01 Å². The molecule has 1 atom stereocenters. The molecule has 2 aromatic heterocycles. The van der Waals surface area contributed by atoms with E-state index in [1.165, 1.54) is 26.0 Å². The molecule has 3 aromatic rings. The van der Waals surface area contributed by atoms with Gasteiger partial charge in [-0.25, -0.2) is 18.1 Å². The summed E-state index contributed by atoms with van der Waals surface area (Å²) in [5.74, 6) is -0.265. The van der Waals surface area contributed by atoms with E-state index in [1.54, 1.807) is 18.7 Å². The predicted octanol–water partition coefficient (Wildman–Crippen LogP) is 5.10. The number of sulfonamides is 1. The van der Waals surface area contributed by atoms with Gasteiger partial charge in [-0.3, -0.25) is 4.79 Å². The van der Waals surface area contributed by atoms with Gasteiger partial charge in [0.2, 0.25) is 15.9 Å². The number of carbonyl (C=O) groups is 1. The minimum atomic E-state index is -3.92. The lowest BCUT2D eigenvalue weighted by molar-refractivity contribution is 0.0487. The molecule has 14 heteroatoms. The van der Waals surface area contributed by atoms with Gasteiger partial charge >= 0.3 is 0 Å². The highest BCUT2D eigenvalue weighted by Gasteiger charge is 2.33. The number of hydrogen-bond donors (Lipinski definition) is 2. The Balaban J connectivity index is 1.86. The third-order valence-corrected chi connectivity index (χ3v) is 9.77. The number of carbonyl (C=O) groups excluding carboxylic acids is 1. The Bertz CT molecular complexity index is 1460. The topological polar surface area (TPSA) is 139 Å². The van der Waals surface area contributed by atoms with Crippen LogP contribution in [-0.4, -0.2) is 58.1 Å². The van der Waals surface area contributed by atoms with E-state index in [0.29, 0.717) is 17.0 Å². The molecule has 0 spiro atoms. The number of nitrogens with one attached hydrogen (secondary N) is 1. The van der Waals surface area contributed by atoms with Gasteiger partial charge < -0.3 is 14.4 Å². The number of thiazole rings is 1. The van der Waals surface area contributed by atoms with E-state index in [0.717, 1.165) is 30.6 Å². The Hall–Kier alpha value is -2.09. The van der Waals surface area contributed by atoms with E-state index in [4.69, 9.17) is 27.6 Å². The molecule has 1 amide bonds. The zero-order chi connectivity index (χ0) is 28.0. The molecule has 0 radical (unpaired) electrons. The van der Waals surface area contributed by atoms with Crippen LogP contribution in [0.2, 0.25) is 10.0 Å². The fraction of sp³-hybridized carbons (Fsp3) is 0.500. The van der Waals surface area contributed by atoms with Crippen LogP contribution in [0.5, 0.6) is 0 Å². The number of amides is 1. The number of likely N-dealkylation sites (tertiary alicyclic amines) is 1. The van der Waals surface area contributed by atoms with Crippen molar-refractivity contribution < 1.29 is 22.7 Å². The monoisotopic (exact) mass is 601 g/mol. The lowest BCUT2D eigenvalue weighted by atomic mass is 10.0. The Labute approximate surface area is 235 Å². The summed E-state index contributed by atoms with van der Waals surface area (Å²) in [6, 6.07) is 2.53. The van der Waals surface area contributed by atoms with E-state index in [1.807, 2.05) is 6.92 Å². The van der Waals surface area contributed by atoms with Crippen LogP contribution in [0.1, 0.15) is 70.3 Å². The molecule has 0 unspecified atom stereocenters. The molecule has 3 heterocycles. The van der Waals surface area contributed by atoms with Crippen LogP contribution in [0.4, 0.5) is 0 Å². The molecule has 1 aliphatic rings. The predicted molar refractivity (Wildman–Crippen MR) is 146 cm³/mol. The lowest BCUT2D eigenvalue weighted by Gasteiger charge is -2.33. The van der Waals surface area contributed by atoms with Gasteiger partial charge in [0.05, 0.1) is 14.9 Å². The van der Waals surface area contributed by atoms with E-state index in [2.05, 4.69) is 19.9 Å². The summed E-state index contributed by atoms with van der Waals surface area (Å²) in [4.78, 5) is 20.3. The number of aromatic nitrogens is 3. The van der Waals surface area contributed by atoms with Crippen molar-refractivity contribution in [2.75, 3.05) is 6.54 Å². The summed E-state index contributed by atoms with van der Waals surface area (Å²) in [6.45, 7) is 8.98. The highest BCUT2D eigenvalue weighted by molar-refractivity contribution is 7.89. The van der Waals surface area contributed by atoms with Crippen LogP contribution in [0, 0.1) is 0 Å². The summed E-state index contributed by atoms with van der Waals surface area (Å²) in [6.07, 6.45) is 2.78. The molecular weight excluding hydrogens is 573 g/mol. The first-order valence-corrected chi connectivity index (χ1v) is 15.2. The van der Waals surface area contributed by atoms with Gasteiger partial charge in [-0.1, -0.05) is 29.3 Å². The van der Waals surface area contributed by atoms with Gasteiger partial charge in [-0.2, -0.15) is 0 Å². The maximum atomic E-state index is 13.7. The highest BCUT2D eigenvalue weighted by Crippen LogP contribution is 2.43. The van der Waals surface area contributed by atoms with Crippen LogP contribution in [0.25, 0.3) is 21.3 Å². The van der Waals surface area contributed by atoms with Crippen molar-refractivity contribution in [3.05, 3.63) is 33.8 Å². The van der Waals surface area contributed by atoms with Gasteiger partial charge in [0, 0.05) is 24.2 Å². The van der Waals surface area contributed by atoms with Gasteiger partial charge in [-0.05, 0) is 59.9 Å². The molecule has 0 saturated carbocycles. The normalized spacial score (nSPS) is 16.9. The maximum Gasteiger partial charge on any atom is 0.276 e. The molecule has 10 nitrogen and oxygen atoms in total. The minimum Gasteiger partial charge on any atom is -0.415 e. The molecule has 1 fully saturated rings. The van der Waals surface area contributed by atoms with Crippen molar-refractivity contribution in [1.29, 1.82) is 0 Å². The quantitative estimate of drug-likeness (QED) is 0.381. The summed E-state index contributed by atoms with van der Waals surface area (Å²) in [5.41, 5.74) is -0.898. The third kappa shape index (κ3) is 5.75. The smallest absolute Gasteiger partial charge is 0.276 e. The highest BCUT2D eigenvalue weighted by atomic mass is 35.5. The van der Waals surface area contributed by atoms with E-state index >= 15 is 0 Å². The van der Waals surface area contributed by atoms with E-state index < -0.39 is 15.6 Å². The zero-order valence-corrected chi connectivity index (χ0v) is 24.7. The van der Waals surface area contributed by atoms with Crippen LogP contribution in [-0.2, 0) is 15.6 Å². The number of halogens is 2.